The highest BCUT2D eigenvalue weighted by molar-refractivity contribution is 7.98. The van der Waals surface area contributed by atoms with Gasteiger partial charge in [0, 0.05) is 18.2 Å². The third kappa shape index (κ3) is 7.67. The minimum Gasteiger partial charge on any atom is -0.478 e. The second kappa shape index (κ2) is 7.44. The molecule has 1 atom stereocenters. The van der Waals surface area contributed by atoms with Gasteiger partial charge < -0.3 is 10.4 Å². The first kappa shape index (κ1) is 13.0. The number of hydrogen-bond acceptors (Lipinski definition) is 3. The summed E-state index contributed by atoms with van der Waals surface area (Å²) < 4.78 is 0. The molecule has 0 rings (SSSR count). The van der Waals surface area contributed by atoms with Gasteiger partial charge in [0.2, 0.25) is 5.91 Å². The molecular weight excluding hydrogens is 202 g/mol. The van der Waals surface area contributed by atoms with Crippen molar-refractivity contribution in [2.45, 2.75) is 19.4 Å². The maximum atomic E-state index is 11.1. The van der Waals surface area contributed by atoms with Crippen molar-refractivity contribution >= 4 is 23.6 Å². The standard InChI is InChI=1S/C9H15NO3S/c1-7(5-6-14-2)10-8(11)3-4-9(12)13/h3-4,7H,5-6H2,1-2H3,(H,10,11)(H,12,13)/b4-3+. The molecule has 2 N–H and O–H groups in total. The van der Waals surface area contributed by atoms with Gasteiger partial charge in [-0.3, -0.25) is 4.79 Å². The number of hydrogen-bond donors (Lipinski definition) is 2. The average molecular weight is 217 g/mol. The lowest BCUT2D eigenvalue weighted by Crippen LogP contribution is -2.31. The molecule has 0 aromatic rings. The zero-order valence-corrected chi connectivity index (χ0v) is 9.13. The molecular formula is C9H15NO3S. The van der Waals surface area contributed by atoms with Crippen LogP contribution in [0.4, 0.5) is 0 Å². The van der Waals surface area contributed by atoms with Crippen LogP contribution in [0.15, 0.2) is 12.2 Å². The number of carbonyl (C=O) groups excluding carboxylic acids is 1. The molecule has 0 saturated carbocycles. The van der Waals surface area contributed by atoms with E-state index in [-0.39, 0.29) is 11.9 Å². The second-order valence-electron chi connectivity index (χ2n) is 2.86. The zero-order valence-electron chi connectivity index (χ0n) is 8.32. The van der Waals surface area contributed by atoms with E-state index in [1.54, 1.807) is 11.8 Å². The molecule has 0 radical (unpaired) electrons. The van der Waals surface area contributed by atoms with Gasteiger partial charge in [-0.15, -0.1) is 0 Å². The van der Waals surface area contributed by atoms with Crippen LogP contribution in [-0.4, -0.2) is 35.0 Å². The van der Waals surface area contributed by atoms with Gasteiger partial charge in [-0.25, -0.2) is 4.79 Å². The van der Waals surface area contributed by atoms with Crippen LogP contribution in [0.25, 0.3) is 0 Å². The van der Waals surface area contributed by atoms with Gasteiger partial charge in [0.1, 0.15) is 0 Å². The van der Waals surface area contributed by atoms with Gasteiger partial charge in [0.25, 0.3) is 0 Å². The number of carboxylic acid groups (broad SMARTS) is 1. The Morgan fingerprint density at radius 2 is 2.14 bits per heavy atom. The molecule has 0 heterocycles. The van der Waals surface area contributed by atoms with Crippen molar-refractivity contribution in [1.82, 2.24) is 5.32 Å². The summed E-state index contributed by atoms with van der Waals surface area (Å²) in [6.07, 6.45) is 4.74. The molecule has 4 nitrogen and oxygen atoms in total. The number of rotatable bonds is 6. The van der Waals surface area contributed by atoms with Crippen LogP contribution >= 0.6 is 11.8 Å². The van der Waals surface area contributed by atoms with Crippen molar-refractivity contribution in [2.75, 3.05) is 12.0 Å². The van der Waals surface area contributed by atoms with Crippen LogP contribution in [-0.2, 0) is 9.59 Å². The molecule has 80 valence electrons. The fraction of sp³-hybridized carbons (Fsp3) is 0.556. The van der Waals surface area contributed by atoms with Crippen LogP contribution in [0.5, 0.6) is 0 Å². The molecule has 0 aliphatic rings. The SMILES string of the molecule is CSCCC(C)NC(=O)/C=C/C(=O)O. The van der Waals surface area contributed by atoms with E-state index in [0.29, 0.717) is 0 Å². The van der Waals surface area contributed by atoms with Crippen molar-refractivity contribution in [3.63, 3.8) is 0 Å². The minimum absolute atomic E-state index is 0.0772. The smallest absolute Gasteiger partial charge is 0.328 e. The Morgan fingerprint density at radius 3 is 2.64 bits per heavy atom. The largest absolute Gasteiger partial charge is 0.478 e. The van der Waals surface area contributed by atoms with E-state index < -0.39 is 5.97 Å². The molecule has 0 fully saturated rings. The molecule has 0 aliphatic heterocycles. The Kier molecular flexibility index (Phi) is 6.92. The first-order valence-corrected chi connectivity index (χ1v) is 5.66. The fourth-order valence-electron chi connectivity index (χ4n) is 0.805. The van der Waals surface area contributed by atoms with Gasteiger partial charge in [0.15, 0.2) is 0 Å². The van der Waals surface area contributed by atoms with Crippen molar-refractivity contribution in [1.29, 1.82) is 0 Å². The molecule has 0 spiro atoms. The second-order valence-corrected chi connectivity index (χ2v) is 3.85. The quantitative estimate of drug-likeness (QED) is 0.648. The van der Waals surface area contributed by atoms with Crippen LogP contribution < -0.4 is 5.32 Å². The molecule has 1 amide bonds. The molecule has 0 aliphatic carbocycles. The Balaban J connectivity index is 3.76. The summed E-state index contributed by atoms with van der Waals surface area (Å²) >= 11 is 1.71. The summed E-state index contributed by atoms with van der Waals surface area (Å²) in [4.78, 5) is 21.1. The predicted molar refractivity (Wildman–Crippen MR) is 57.4 cm³/mol. The van der Waals surface area contributed by atoms with E-state index in [1.165, 1.54) is 0 Å². The lowest BCUT2D eigenvalue weighted by atomic mass is 10.2. The molecule has 1 unspecified atom stereocenters. The first-order chi connectivity index (χ1) is 6.56. The number of amides is 1. The maximum absolute atomic E-state index is 11.1. The average Bonchev–Trinajstić information content (AvgIpc) is 2.11. The van der Waals surface area contributed by atoms with Gasteiger partial charge in [-0.05, 0) is 25.4 Å². The van der Waals surface area contributed by atoms with E-state index in [9.17, 15) is 9.59 Å². The summed E-state index contributed by atoms with van der Waals surface area (Å²) in [5, 5.41) is 10.9. The Bertz CT molecular complexity index is 228. The van der Waals surface area contributed by atoms with Crippen LogP contribution in [0.2, 0.25) is 0 Å². The highest BCUT2D eigenvalue weighted by atomic mass is 32.2. The topological polar surface area (TPSA) is 66.4 Å². The first-order valence-electron chi connectivity index (χ1n) is 4.26. The van der Waals surface area contributed by atoms with Crippen LogP contribution in [0.1, 0.15) is 13.3 Å². The normalized spacial score (nSPS) is 12.7. The van der Waals surface area contributed by atoms with Gasteiger partial charge >= 0.3 is 5.97 Å². The highest BCUT2D eigenvalue weighted by Crippen LogP contribution is 1.99. The Morgan fingerprint density at radius 1 is 1.50 bits per heavy atom. The molecule has 0 saturated heterocycles. The van der Waals surface area contributed by atoms with Crippen molar-refractivity contribution < 1.29 is 14.7 Å². The molecule has 0 aromatic carbocycles. The van der Waals surface area contributed by atoms with E-state index in [1.807, 2.05) is 13.2 Å². The maximum Gasteiger partial charge on any atom is 0.328 e. The Labute approximate surface area is 87.8 Å². The van der Waals surface area contributed by atoms with Gasteiger partial charge in [-0.2, -0.15) is 11.8 Å². The highest BCUT2D eigenvalue weighted by Gasteiger charge is 2.03. The Hall–Kier alpha value is -0.970. The van der Waals surface area contributed by atoms with E-state index >= 15 is 0 Å². The van der Waals surface area contributed by atoms with Crippen LogP contribution in [0.3, 0.4) is 0 Å². The number of aliphatic carboxylic acids is 1. The summed E-state index contributed by atoms with van der Waals surface area (Å²) in [7, 11) is 0. The van der Waals surface area contributed by atoms with Gasteiger partial charge in [-0.1, -0.05) is 0 Å². The van der Waals surface area contributed by atoms with Gasteiger partial charge in [0.05, 0.1) is 0 Å². The van der Waals surface area contributed by atoms with E-state index in [2.05, 4.69) is 5.32 Å². The van der Waals surface area contributed by atoms with Crippen molar-refractivity contribution in [3.8, 4) is 0 Å². The molecule has 14 heavy (non-hydrogen) atoms. The van der Waals surface area contributed by atoms with Crippen molar-refractivity contribution in [2.24, 2.45) is 0 Å². The fourth-order valence-corrected chi connectivity index (χ4v) is 1.39. The number of thioether (sulfide) groups is 1. The van der Waals surface area contributed by atoms with Crippen LogP contribution in [0, 0.1) is 0 Å². The number of carbonyl (C=O) groups is 2. The molecule has 0 aromatic heterocycles. The zero-order chi connectivity index (χ0) is 11.0. The minimum atomic E-state index is -1.11. The molecule has 0 bridgehead atoms. The third-order valence-electron chi connectivity index (χ3n) is 1.52. The molecule has 5 heteroatoms. The van der Waals surface area contributed by atoms with E-state index in [0.717, 1.165) is 24.3 Å². The number of nitrogens with one attached hydrogen (secondary N) is 1. The summed E-state index contributed by atoms with van der Waals surface area (Å²) in [5.41, 5.74) is 0. The third-order valence-corrected chi connectivity index (χ3v) is 2.16. The number of carboxylic acids is 1. The lowest BCUT2D eigenvalue weighted by molar-refractivity contribution is -0.131. The summed E-state index contributed by atoms with van der Waals surface area (Å²) in [6.45, 7) is 1.89. The van der Waals surface area contributed by atoms with E-state index in [4.69, 9.17) is 5.11 Å². The lowest BCUT2D eigenvalue weighted by Gasteiger charge is -2.10. The predicted octanol–water partition coefficient (Wildman–Crippen LogP) is 0.885. The van der Waals surface area contributed by atoms with Crippen molar-refractivity contribution in [3.05, 3.63) is 12.2 Å². The summed E-state index contributed by atoms with van der Waals surface area (Å²) in [6, 6.07) is 0.0772. The monoisotopic (exact) mass is 217 g/mol. The summed E-state index contributed by atoms with van der Waals surface area (Å²) in [5.74, 6) is -0.498.